The number of likely N-dealkylation sites (tertiary alicyclic amines) is 1. The van der Waals surface area contributed by atoms with E-state index in [1.807, 2.05) is 29.2 Å². The quantitative estimate of drug-likeness (QED) is 0.757. The molecular weight excluding hydrogens is 324 g/mol. The summed E-state index contributed by atoms with van der Waals surface area (Å²) in [7, 11) is 1.62. The summed E-state index contributed by atoms with van der Waals surface area (Å²) in [5, 5.41) is 1.25. The van der Waals surface area contributed by atoms with Gasteiger partial charge in [-0.05, 0) is 61.5 Å². The van der Waals surface area contributed by atoms with Crippen LogP contribution in [0.15, 0.2) is 48.5 Å². The molecule has 1 atom stereocenters. The highest BCUT2D eigenvalue weighted by Crippen LogP contribution is 2.30. The van der Waals surface area contributed by atoms with Crippen LogP contribution in [0.4, 0.5) is 0 Å². The van der Waals surface area contributed by atoms with Gasteiger partial charge in [0.05, 0.1) is 7.11 Å². The van der Waals surface area contributed by atoms with Crippen molar-refractivity contribution in [3.63, 3.8) is 0 Å². The van der Waals surface area contributed by atoms with Crippen molar-refractivity contribution >= 4 is 16.8 Å². The lowest BCUT2D eigenvalue weighted by Gasteiger charge is -2.32. The second-order valence-corrected chi connectivity index (χ2v) is 7.14. The fourth-order valence-electron chi connectivity index (χ4n) is 3.85. The van der Waals surface area contributed by atoms with Crippen LogP contribution in [-0.4, -0.2) is 36.0 Å². The Kier molecular flexibility index (Phi) is 4.41. The molecular formula is C22H24N2O2. The van der Waals surface area contributed by atoms with Crippen LogP contribution in [0.5, 0.6) is 5.75 Å². The number of methoxy groups -OCH3 is 1. The molecule has 1 amide bonds. The predicted molar refractivity (Wildman–Crippen MR) is 104 cm³/mol. The molecule has 0 aliphatic carbocycles. The highest BCUT2D eigenvalue weighted by Gasteiger charge is 2.26. The average Bonchev–Trinajstić information content (AvgIpc) is 3.11. The third-order valence-corrected chi connectivity index (χ3v) is 5.26. The first-order valence-electron chi connectivity index (χ1n) is 9.16. The van der Waals surface area contributed by atoms with Crippen LogP contribution >= 0.6 is 0 Å². The summed E-state index contributed by atoms with van der Waals surface area (Å²) >= 11 is 0. The summed E-state index contributed by atoms with van der Waals surface area (Å²) in [6.45, 7) is 3.68. The Morgan fingerprint density at radius 2 is 2.08 bits per heavy atom. The van der Waals surface area contributed by atoms with E-state index in [1.165, 1.54) is 22.2 Å². The Labute approximate surface area is 153 Å². The topological polar surface area (TPSA) is 45.3 Å². The normalized spacial score (nSPS) is 17.5. The van der Waals surface area contributed by atoms with E-state index < -0.39 is 0 Å². The fourth-order valence-corrected chi connectivity index (χ4v) is 3.85. The zero-order valence-corrected chi connectivity index (χ0v) is 15.3. The van der Waals surface area contributed by atoms with E-state index in [-0.39, 0.29) is 5.91 Å². The number of rotatable bonds is 3. The van der Waals surface area contributed by atoms with Gasteiger partial charge in [-0.15, -0.1) is 0 Å². The lowest BCUT2D eigenvalue weighted by molar-refractivity contribution is 0.0706. The van der Waals surface area contributed by atoms with Gasteiger partial charge in [0.25, 0.3) is 5.91 Å². The smallest absolute Gasteiger partial charge is 0.254 e. The Bertz CT molecular complexity index is 944. The van der Waals surface area contributed by atoms with Crippen molar-refractivity contribution in [1.29, 1.82) is 0 Å². The summed E-state index contributed by atoms with van der Waals surface area (Å²) in [5.41, 5.74) is 4.36. The number of benzene rings is 2. The van der Waals surface area contributed by atoms with Gasteiger partial charge in [-0.2, -0.15) is 0 Å². The number of carbonyl (C=O) groups is 1. The largest absolute Gasteiger partial charge is 0.497 e. The Morgan fingerprint density at radius 1 is 1.19 bits per heavy atom. The maximum absolute atomic E-state index is 12.9. The van der Waals surface area contributed by atoms with Crippen LogP contribution in [0.1, 0.15) is 40.4 Å². The third-order valence-electron chi connectivity index (χ3n) is 5.26. The van der Waals surface area contributed by atoms with E-state index in [2.05, 4.69) is 36.2 Å². The van der Waals surface area contributed by atoms with Crippen molar-refractivity contribution in [3.8, 4) is 5.75 Å². The van der Waals surface area contributed by atoms with E-state index in [9.17, 15) is 4.79 Å². The number of nitrogens with zero attached hydrogens (tertiary/aromatic N) is 1. The molecule has 4 heteroatoms. The standard InChI is InChI=1S/C22H24N2O2/c1-15-8-9-20-18(11-15)13-21(23-20)17-6-4-10-24(14-17)22(25)16-5-3-7-19(12-16)26-2/h3,5,7-9,11-13,17,23H,4,6,10,14H2,1-2H3. The predicted octanol–water partition coefficient (Wildman–Crippen LogP) is 4.50. The lowest BCUT2D eigenvalue weighted by atomic mass is 9.94. The monoisotopic (exact) mass is 348 g/mol. The number of aromatic amines is 1. The van der Waals surface area contributed by atoms with E-state index in [4.69, 9.17) is 4.74 Å². The number of H-pyrrole nitrogens is 1. The van der Waals surface area contributed by atoms with Gasteiger partial charge in [-0.25, -0.2) is 0 Å². The molecule has 4 nitrogen and oxygen atoms in total. The molecule has 26 heavy (non-hydrogen) atoms. The number of fused-ring (bicyclic) bond motifs is 1. The summed E-state index contributed by atoms with van der Waals surface area (Å²) in [5.74, 6) is 1.15. The molecule has 0 spiro atoms. The van der Waals surface area contributed by atoms with Crippen molar-refractivity contribution < 1.29 is 9.53 Å². The Balaban J connectivity index is 1.55. The number of piperidine rings is 1. The maximum Gasteiger partial charge on any atom is 0.254 e. The first kappa shape index (κ1) is 16.7. The molecule has 2 heterocycles. The van der Waals surface area contributed by atoms with Crippen molar-refractivity contribution in [2.24, 2.45) is 0 Å². The minimum atomic E-state index is 0.0838. The van der Waals surface area contributed by atoms with Gasteiger partial charge in [0.2, 0.25) is 0 Å². The third kappa shape index (κ3) is 3.19. The molecule has 1 saturated heterocycles. The van der Waals surface area contributed by atoms with E-state index in [0.29, 0.717) is 11.5 Å². The van der Waals surface area contributed by atoms with Crippen molar-refractivity contribution in [3.05, 3.63) is 65.4 Å². The zero-order valence-electron chi connectivity index (χ0n) is 15.3. The molecule has 0 bridgehead atoms. The molecule has 1 aromatic heterocycles. The summed E-state index contributed by atoms with van der Waals surface area (Å²) in [6, 6.07) is 16.1. The second kappa shape index (κ2) is 6.87. The Morgan fingerprint density at radius 3 is 2.92 bits per heavy atom. The average molecular weight is 348 g/mol. The van der Waals surface area contributed by atoms with Crippen LogP contribution in [0, 0.1) is 6.92 Å². The number of nitrogens with one attached hydrogen (secondary N) is 1. The van der Waals surface area contributed by atoms with Crippen molar-refractivity contribution in [1.82, 2.24) is 9.88 Å². The van der Waals surface area contributed by atoms with Crippen molar-refractivity contribution in [2.45, 2.75) is 25.7 Å². The first-order valence-corrected chi connectivity index (χ1v) is 9.16. The molecule has 1 fully saturated rings. The molecule has 1 unspecified atom stereocenters. The number of aromatic nitrogens is 1. The number of aryl methyl sites for hydroxylation is 1. The second-order valence-electron chi connectivity index (χ2n) is 7.14. The van der Waals surface area contributed by atoms with Crippen molar-refractivity contribution in [2.75, 3.05) is 20.2 Å². The highest BCUT2D eigenvalue weighted by molar-refractivity contribution is 5.94. The Hall–Kier alpha value is -2.75. The number of carbonyl (C=O) groups excluding carboxylic acids is 1. The fraction of sp³-hybridized carbons (Fsp3) is 0.318. The van der Waals surface area contributed by atoms with Crippen LogP contribution in [0.3, 0.4) is 0 Å². The van der Waals surface area contributed by atoms with Crippen LogP contribution in [0.25, 0.3) is 10.9 Å². The minimum absolute atomic E-state index is 0.0838. The molecule has 0 saturated carbocycles. The molecule has 2 aromatic carbocycles. The first-order chi connectivity index (χ1) is 12.6. The highest BCUT2D eigenvalue weighted by atomic mass is 16.5. The van der Waals surface area contributed by atoms with Gasteiger partial charge in [-0.3, -0.25) is 4.79 Å². The number of hydrogen-bond donors (Lipinski definition) is 1. The van der Waals surface area contributed by atoms with Gasteiger partial charge in [-0.1, -0.05) is 17.7 Å². The SMILES string of the molecule is COc1cccc(C(=O)N2CCCC(c3cc4cc(C)ccc4[nH]3)C2)c1. The lowest BCUT2D eigenvalue weighted by Crippen LogP contribution is -2.39. The number of hydrogen-bond acceptors (Lipinski definition) is 2. The van der Waals surface area contributed by atoms with Gasteiger partial charge >= 0.3 is 0 Å². The minimum Gasteiger partial charge on any atom is -0.497 e. The van der Waals surface area contributed by atoms with E-state index in [1.54, 1.807) is 7.11 Å². The molecule has 3 aromatic rings. The van der Waals surface area contributed by atoms with Gasteiger partial charge in [0.1, 0.15) is 5.75 Å². The summed E-state index contributed by atoms with van der Waals surface area (Å²) in [4.78, 5) is 18.4. The summed E-state index contributed by atoms with van der Waals surface area (Å²) < 4.78 is 5.25. The molecule has 1 aliphatic rings. The van der Waals surface area contributed by atoms with Gasteiger partial charge < -0.3 is 14.6 Å². The molecule has 1 aliphatic heterocycles. The molecule has 134 valence electrons. The van der Waals surface area contributed by atoms with Gasteiger partial charge in [0.15, 0.2) is 0 Å². The number of amides is 1. The summed E-state index contributed by atoms with van der Waals surface area (Å²) in [6.07, 6.45) is 2.13. The molecule has 1 N–H and O–H groups in total. The van der Waals surface area contributed by atoms with Crippen LogP contribution in [-0.2, 0) is 0 Å². The van der Waals surface area contributed by atoms with Crippen LogP contribution in [0.2, 0.25) is 0 Å². The van der Waals surface area contributed by atoms with E-state index in [0.717, 1.165) is 31.7 Å². The van der Waals surface area contributed by atoms with Gasteiger partial charge in [0, 0.05) is 35.8 Å². The van der Waals surface area contributed by atoms with Crippen LogP contribution < -0.4 is 4.74 Å². The molecule has 4 rings (SSSR count). The molecule has 0 radical (unpaired) electrons. The maximum atomic E-state index is 12.9. The van der Waals surface area contributed by atoms with E-state index >= 15 is 0 Å². The number of ether oxygens (including phenoxy) is 1. The zero-order chi connectivity index (χ0) is 18.1.